The van der Waals surface area contributed by atoms with E-state index in [-0.39, 0.29) is 11.9 Å². The number of carbonyl (C=O) groups excluding carboxylic acids is 1. The molecule has 1 atom stereocenters. The minimum absolute atomic E-state index is 0.0262. The maximum Gasteiger partial charge on any atom is 0.242 e. The standard InChI is InChI=1S/C18H24ClN3OS/c1-13(2)17-20-7-9-22(17)14(3)18(23)21-8-10-24-12-15-5-4-6-16(19)11-15/h4-7,9,11,13-14H,8,10,12H2,1-3H3,(H,21,23)/t14-/m0/s1. The highest BCUT2D eigenvalue weighted by atomic mass is 35.5. The van der Waals surface area contributed by atoms with E-state index in [1.54, 1.807) is 18.0 Å². The van der Waals surface area contributed by atoms with Crippen LogP contribution < -0.4 is 5.32 Å². The Morgan fingerprint density at radius 1 is 1.38 bits per heavy atom. The lowest BCUT2D eigenvalue weighted by Crippen LogP contribution is -2.33. The molecule has 0 radical (unpaired) electrons. The van der Waals surface area contributed by atoms with Crippen molar-refractivity contribution in [2.75, 3.05) is 12.3 Å². The number of hydrogen-bond donors (Lipinski definition) is 1. The number of carbonyl (C=O) groups is 1. The van der Waals surface area contributed by atoms with Gasteiger partial charge in [0.2, 0.25) is 5.91 Å². The van der Waals surface area contributed by atoms with Gasteiger partial charge in [0, 0.05) is 41.4 Å². The zero-order valence-corrected chi connectivity index (χ0v) is 15.9. The minimum Gasteiger partial charge on any atom is -0.353 e. The van der Waals surface area contributed by atoms with E-state index in [1.165, 1.54) is 5.56 Å². The van der Waals surface area contributed by atoms with Gasteiger partial charge < -0.3 is 9.88 Å². The minimum atomic E-state index is -0.247. The molecule has 130 valence electrons. The second-order valence-electron chi connectivity index (χ2n) is 6.00. The largest absolute Gasteiger partial charge is 0.353 e. The number of nitrogens with one attached hydrogen (secondary N) is 1. The number of imidazole rings is 1. The molecule has 1 aromatic carbocycles. The molecule has 1 heterocycles. The summed E-state index contributed by atoms with van der Waals surface area (Å²) in [5, 5.41) is 3.76. The molecule has 0 aliphatic rings. The third-order valence-electron chi connectivity index (χ3n) is 3.72. The van der Waals surface area contributed by atoms with Crippen LogP contribution in [0.25, 0.3) is 0 Å². The van der Waals surface area contributed by atoms with Gasteiger partial charge in [0.25, 0.3) is 0 Å². The maximum atomic E-state index is 12.3. The molecular formula is C18H24ClN3OS. The number of aromatic nitrogens is 2. The zero-order chi connectivity index (χ0) is 17.5. The summed E-state index contributed by atoms with van der Waals surface area (Å²) in [4.78, 5) is 16.6. The summed E-state index contributed by atoms with van der Waals surface area (Å²) >= 11 is 7.75. The van der Waals surface area contributed by atoms with Gasteiger partial charge in [-0.2, -0.15) is 11.8 Å². The number of thioether (sulfide) groups is 1. The van der Waals surface area contributed by atoms with Crippen LogP contribution in [0.3, 0.4) is 0 Å². The molecule has 4 nitrogen and oxygen atoms in total. The van der Waals surface area contributed by atoms with Gasteiger partial charge in [-0.05, 0) is 24.6 Å². The topological polar surface area (TPSA) is 46.9 Å². The summed E-state index contributed by atoms with van der Waals surface area (Å²) in [6, 6.07) is 7.62. The van der Waals surface area contributed by atoms with Crippen LogP contribution in [-0.2, 0) is 10.5 Å². The first-order valence-corrected chi connectivity index (χ1v) is 9.65. The molecule has 2 aromatic rings. The number of amides is 1. The van der Waals surface area contributed by atoms with Crippen LogP contribution in [-0.4, -0.2) is 27.8 Å². The second-order valence-corrected chi connectivity index (χ2v) is 7.54. The van der Waals surface area contributed by atoms with Crippen molar-refractivity contribution >= 4 is 29.3 Å². The molecule has 0 saturated heterocycles. The lowest BCUT2D eigenvalue weighted by Gasteiger charge is -2.17. The molecular weight excluding hydrogens is 342 g/mol. The molecule has 0 aliphatic carbocycles. The first-order chi connectivity index (χ1) is 11.5. The van der Waals surface area contributed by atoms with Crippen LogP contribution in [0.15, 0.2) is 36.7 Å². The molecule has 1 aromatic heterocycles. The highest BCUT2D eigenvalue weighted by Gasteiger charge is 2.18. The predicted octanol–water partition coefficient (Wildman–Crippen LogP) is 4.27. The smallest absolute Gasteiger partial charge is 0.242 e. The fourth-order valence-corrected chi connectivity index (χ4v) is 3.46. The van der Waals surface area contributed by atoms with Gasteiger partial charge in [-0.15, -0.1) is 0 Å². The van der Waals surface area contributed by atoms with Crippen molar-refractivity contribution in [3.05, 3.63) is 53.1 Å². The summed E-state index contributed by atoms with van der Waals surface area (Å²) in [7, 11) is 0. The van der Waals surface area contributed by atoms with E-state index in [4.69, 9.17) is 11.6 Å². The molecule has 0 saturated carbocycles. The number of rotatable bonds is 8. The van der Waals surface area contributed by atoms with Crippen molar-refractivity contribution in [2.24, 2.45) is 0 Å². The fourth-order valence-electron chi connectivity index (χ4n) is 2.44. The molecule has 0 bridgehead atoms. The van der Waals surface area contributed by atoms with E-state index < -0.39 is 0 Å². The molecule has 0 spiro atoms. The van der Waals surface area contributed by atoms with E-state index in [0.717, 1.165) is 22.4 Å². The number of benzene rings is 1. The molecule has 1 amide bonds. The summed E-state index contributed by atoms with van der Waals surface area (Å²) in [5.74, 6) is 3.02. The lowest BCUT2D eigenvalue weighted by molar-refractivity contribution is -0.123. The van der Waals surface area contributed by atoms with Gasteiger partial charge in [-0.25, -0.2) is 4.98 Å². The van der Waals surface area contributed by atoms with Gasteiger partial charge in [0.05, 0.1) is 0 Å². The predicted molar refractivity (Wildman–Crippen MR) is 102 cm³/mol. The average molecular weight is 366 g/mol. The van der Waals surface area contributed by atoms with Gasteiger partial charge >= 0.3 is 0 Å². The van der Waals surface area contributed by atoms with Crippen molar-refractivity contribution < 1.29 is 4.79 Å². The van der Waals surface area contributed by atoms with Gasteiger partial charge in [-0.1, -0.05) is 37.6 Å². The van der Waals surface area contributed by atoms with E-state index in [2.05, 4.69) is 30.2 Å². The van der Waals surface area contributed by atoms with Crippen LogP contribution in [0.5, 0.6) is 0 Å². The van der Waals surface area contributed by atoms with Crippen LogP contribution in [0.1, 0.15) is 44.1 Å². The van der Waals surface area contributed by atoms with Gasteiger partial charge in [-0.3, -0.25) is 4.79 Å². The Morgan fingerprint density at radius 2 is 2.17 bits per heavy atom. The molecule has 0 unspecified atom stereocenters. The first kappa shape index (κ1) is 18.9. The summed E-state index contributed by atoms with van der Waals surface area (Å²) < 4.78 is 1.94. The Kier molecular flexibility index (Phi) is 7.18. The van der Waals surface area contributed by atoms with E-state index in [1.807, 2.05) is 35.9 Å². The fraction of sp³-hybridized carbons (Fsp3) is 0.444. The number of nitrogens with zero attached hydrogens (tertiary/aromatic N) is 2. The third kappa shape index (κ3) is 5.28. The van der Waals surface area contributed by atoms with Crippen LogP contribution in [0, 0.1) is 0 Å². The molecule has 0 fully saturated rings. The van der Waals surface area contributed by atoms with Gasteiger partial charge in [0.1, 0.15) is 11.9 Å². The third-order valence-corrected chi connectivity index (χ3v) is 4.98. The van der Waals surface area contributed by atoms with Crippen LogP contribution in [0.2, 0.25) is 5.02 Å². The van der Waals surface area contributed by atoms with Crippen molar-refractivity contribution in [3.63, 3.8) is 0 Å². The molecule has 0 aliphatic heterocycles. The number of halogens is 1. The number of hydrogen-bond acceptors (Lipinski definition) is 3. The summed E-state index contributed by atoms with van der Waals surface area (Å²) in [5.41, 5.74) is 1.20. The van der Waals surface area contributed by atoms with Crippen molar-refractivity contribution in [3.8, 4) is 0 Å². The normalized spacial score (nSPS) is 12.4. The second kappa shape index (κ2) is 9.14. The summed E-state index contributed by atoms with van der Waals surface area (Å²) in [6.07, 6.45) is 3.62. The SMILES string of the molecule is CC(C)c1nccn1[C@@H](C)C(=O)NCCSCc1cccc(Cl)c1. The van der Waals surface area contributed by atoms with Crippen LogP contribution >= 0.6 is 23.4 Å². The van der Waals surface area contributed by atoms with Crippen molar-refractivity contribution in [1.82, 2.24) is 14.9 Å². The highest BCUT2D eigenvalue weighted by molar-refractivity contribution is 7.98. The summed E-state index contributed by atoms with van der Waals surface area (Å²) in [6.45, 7) is 6.72. The Labute approximate surface area is 153 Å². The maximum absolute atomic E-state index is 12.3. The Morgan fingerprint density at radius 3 is 2.88 bits per heavy atom. The quantitative estimate of drug-likeness (QED) is 0.710. The Bertz CT molecular complexity index is 672. The molecule has 2 rings (SSSR count). The molecule has 1 N–H and O–H groups in total. The van der Waals surface area contributed by atoms with Gasteiger partial charge in [0.15, 0.2) is 0 Å². The van der Waals surface area contributed by atoms with Crippen molar-refractivity contribution in [2.45, 2.75) is 38.5 Å². The lowest BCUT2D eigenvalue weighted by atomic mass is 10.2. The van der Waals surface area contributed by atoms with Crippen molar-refractivity contribution in [1.29, 1.82) is 0 Å². The molecule has 24 heavy (non-hydrogen) atoms. The van der Waals surface area contributed by atoms with E-state index >= 15 is 0 Å². The monoisotopic (exact) mass is 365 g/mol. The van der Waals surface area contributed by atoms with E-state index in [0.29, 0.717) is 12.5 Å². The average Bonchev–Trinajstić information content (AvgIpc) is 3.03. The Hall–Kier alpha value is -1.46. The zero-order valence-electron chi connectivity index (χ0n) is 14.3. The first-order valence-electron chi connectivity index (χ1n) is 8.11. The van der Waals surface area contributed by atoms with E-state index in [9.17, 15) is 4.79 Å². The Balaban J connectivity index is 1.74. The van der Waals surface area contributed by atoms with Crippen LogP contribution in [0.4, 0.5) is 0 Å². The highest BCUT2D eigenvalue weighted by Crippen LogP contribution is 2.18. The molecule has 6 heteroatoms.